The van der Waals surface area contributed by atoms with Gasteiger partial charge in [0.1, 0.15) is 6.33 Å². The Hall–Kier alpha value is -2.97. The van der Waals surface area contributed by atoms with E-state index in [4.69, 9.17) is 4.52 Å². The van der Waals surface area contributed by atoms with Crippen molar-refractivity contribution in [2.45, 2.75) is 33.4 Å². The minimum Gasteiger partial charge on any atom is -0.355 e. The van der Waals surface area contributed by atoms with Crippen LogP contribution in [0.25, 0.3) is 11.3 Å². The van der Waals surface area contributed by atoms with Crippen molar-refractivity contribution < 1.29 is 9.32 Å². The van der Waals surface area contributed by atoms with Crippen LogP contribution < -0.4 is 0 Å². The highest BCUT2D eigenvalue weighted by Crippen LogP contribution is 2.24. The molecular weight excluding hydrogens is 322 g/mol. The van der Waals surface area contributed by atoms with Crippen LogP contribution in [0.2, 0.25) is 0 Å². The second kappa shape index (κ2) is 6.50. The Kier molecular flexibility index (Phi) is 4.39. The van der Waals surface area contributed by atoms with Crippen LogP contribution in [0.4, 0.5) is 0 Å². The molecule has 0 saturated carbocycles. The molecule has 3 aromatic heterocycles. The fourth-order valence-corrected chi connectivity index (χ4v) is 2.53. The van der Waals surface area contributed by atoms with Crippen LogP contribution in [0.5, 0.6) is 0 Å². The second-order valence-corrected chi connectivity index (χ2v) is 6.25. The molecule has 0 aliphatic heterocycles. The van der Waals surface area contributed by atoms with E-state index in [0.717, 1.165) is 17.1 Å². The number of hydrogen-bond acceptors (Lipinski definition) is 6. The fraction of sp³-hybridized carbons (Fsp3) is 0.438. The van der Waals surface area contributed by atoms with Crippen molar-refractivity contribution in [1.82, 2.24) is 34.6 Å². The van der Waals surface area contributed by atoms with E-state index >= 15 is 0 Å². The number of carbonyl (C=O) groups is 1. The van der Waals surface area contributed by atoms with Crippen molar-refractivity contribution in [1.29, 1.82) is 0 Å². The van der Waals surface area contributed by atoms with Crippen molar-refractivity contribution >= 4 is 5.91 Å². The van der Waals surface area contributed by atoms with E-state index in [1.54, 1.807) is 35.2 Å². The third-order valence-electron chi connectivity index (χ3n) is 4.16. The third kappa shape index (κ3) is 3.17. The molecule has 3 rings (SSSR count). The van der Waals surface area contributed by atoms with Crippen LogP contribution in [0.1, 0.15) is 41.9 Å². The van der Waals surface area contributed by atoms with E-state index in [-0.39, 0.29) is 17.6 Å². The molecule has 0 N–H and O–H groups in total. The summed E-state index contributed by atoms with van der Waals surface area (Å²) in [5.41, 5.74) is 2.00. The van der Waals surface area contributed by atoms with Gasteiger partial charge in [-0.25, -0.2) is 0 Å². The Morgan fingerprint density at radius 2 is 2.16 bits per heavy atom. The maximum absolute atomic E-state index is 12.6. The first-order valence-corrected chi connectivity index (χ1v) is 7.98. The Balaban J connectivity index is 1.77. The third-order valence-corrected chi connectivity index (χ3v) is 4.16. The van der Waals surface area contributed by atoms with Gasteiger partial charge in [0.15, 0.2) is 17.3 Å². The number of carbonyl (C=O) groups excluding carboxylic acids is 1. The van der Waals surface area contributed by atoms with Gasteiger partial charge in [0.05, 0.1) is 18.3 Å². The van der Waals surface area contributed by atoms with E-state index in [2.05, 4.69) is 20.5 Å². The van der Waals surface area contributed by atoms with Gasteiger partial charge in [-0.15, -0.1) is 10.2 Å². The van der Waals surface area contributed by atoms with E-state index in [1.807, 2.05) is 32.4 Å². The van der Waals surface area contributed by atoms with Crippen molar-refractivity contribution in [2.24, 2.45) is 7.05 Å². The molecular formula is C16H21N7O2. The van der Waals surface area contributed by atoms with Crippen LogP contribution >= 0.6 is 0 Å². The summed E-state index contributed by atoms with van der Waals surface area (Å²) < 4.78 is 9.00. The summed E-state index contributed by atoms with van der Waals surface area (Å²) in [5, 5.41) is 16.1. The molecule has 0 fully saturated rings. The number of nitrogens with zero attached hydrogens (tertiary/aromatic N) is 7. The number of aryl methyl sites for hydroxylation is 1. The van der Waals surface area contributed by atoms with Gasteiger partial charge >= 0.3 is 0 Å². The highest BCUT2D eigenvalue weighted by Gasteiger charge is 2.21. The molecule has 0 bridgehead atoms. The standard InChI is InChI=1S/C16H21N7O2/c1-10(2)23-9-17-19-15(23)8-21(4)16(24)13-6-14(25-20-13)12-7-18-22(5)11(12)3/h6-7,9-10H,8H2,1-5H3. The van der Waals surface area contributed by atoms with Crippen molar-refractivity contribution in [3.63, 3.8) is 0 Å². The molecule has 0 aliphatic rings. The Bertz CT molecular complexity index is 890. The molecule has 3 aromatic rings. The predicted octanol–water partition coefficient (Wildman–Crippen LogP) is 1.83. The molecule has 9 heteroatoms. The van der Waals surface area contributed by atoms with Crippen LogP contribution in [0.3, 0.4) is 0 Å². The molecule has 0 spiro atoms. The van der Waals surface area contributed by atoms with E-state index in [9.17, 15) is 4.79 Å². The Morgan fingerprint density at radius 3 is 2.80 bits per heavy atom. The predicted molar refractivity (Wildman–Crippen MR) is 89.6 cm³/mol. The topological polar surface area (TPSA) is 94.9 Å². The molecule has 0 saturated heterocycles. The lowest BCUT2D eigenvalue weighted by atomic mass is 10.2. The van der Waals surface area contributed by atoms with Gasteiger partial charge in [0.25, 0.3) is 5.91 Å². The summed E-state index contributed by atoms with van der Waals surface area (Å²) in [6, 6.07) is 1.86. The lowest BCUT2D eigenvalue weighted by Crippen LogP contribution is -2.28. The van der Waals surface area contributed by atoms with Crippen LogP contribution in [0, 0.1) is 6.92 Å². The second-order valence-electron chi connectivity index (χ2n) is 6.25. The highest BCUT2D eigenvalue weighted by atomic mass is 16.5. The van der Waals surface area contributed by atoms with Gasteiger partial charge in [0.2, 0.25) is 0 Å². The van der Waals surface area contributed by atoms with Gasteiger partial charge < -0.3 is 14.0 Å². The normalized spacial score (nSPS) is 11.3. The Morgan fingerprint density at radius 1 is 1.40 bits per heavy atom. The molecule has 0 radical (unpaired) electrons. The van der Waals surface area contributed by atoms with Gasteiger partial charge in [-0.3, -0.25) is 9.48 Å². The zero-order chi connectivity index (χ0) is 18.1. The minimum absolute atomic E-state index is 0.223. The number of amides is 1. The monoisotopic (exact) mass is 343 g/mol. The molecule has 132 valence electrons. The van der Waals surface area contributed by atoms with Crippen LogP contribution in [-0.2, 0) is 13.6 Å². The molecule has 9 nitrogen and oxygen atoms in total. The van der Waals surface area contributed by atoms with Gasteiger partial charge in [-0.1, -0.05) is 5.16 Å². The molecule has 0 unspecified atom stereocenters. The van der Waals surface area contributed by atoms with E-state index < -0.39 is 0 Å². The van der Waals surface area contributed by atoms with Gasteiger partial charge in [-0.05, 0) is 20.8 Å². The largest absolute Gasteiger partial charge is 0.355 e. The fourth-order valence-electron chi connectivity index (χ4n) is 2.53. The van der Waals surface area contributed by atoms with Gasteiger partial charge in [-0.2, -0.15) is 5.10 Å². The van der Waals surface area contributed by atoms with Gasteiger partial charge in [0, 0.05) is 31.9 Å². The quantitative estimate of drug-likeness (QED) is 0.701. The first kappa shape index (κ1) is 16.9. The lowest BCUT2D eigenvalue weighted by molar-refractivity contribution is 0.0769. The first-order chi connectivity index (χ1) is 11.9. The van der Waals surface area contributed by atoms with Crippen molar-refractivity contribution in [3.05, 3.63) is 35.8 Å². The SMILES string of the molecule is Cc1c(-c2cc(C(=O)N(C)Cc3nncn3C(C)C)no2)cnn1C. The average molecular weight is 343 g/mol. The average Bonchev–Trinajstić information content (AvgIpc) is 3.28. The Labute approximate surface area is 145 Å². The summed E-state index contributed by atoms with van der Waals surface area (Å²) in [6.07, 6.45) is 3.36. The lowest BCUT2D eigenvalue weighted by Gasteiger charge is -2.17. The zero-order valence-corrected chi connectivity index (χ0v) is 15.0. The van der Waals surface area contributed by atoms with E-state index in [0.29, 0.717) is 12.3 Å². The maximum atomic E-state index is 12.6. The summed E-state index contributed by atoms with van der Waals surface area (Å²) in [4.78, 5) is 14.2. The summed E-state index contributed by atoms with van der Waals surface area (Å²) in [6.45, 7) is 6.34. The maximum Gasteiger partial charge on any atom is 0.276 e. The summed E-state index contributed by atoms with van der Waals surface area (Å²) in [5.74, 6) is 1.00. The molecule has 3 heterocycles. The summed E-state index contributed by atoms with van der Waals surface area (Å²) >= 11 is 0. The molecule has 0 aromatic carbocycles. The van der Waals surface area contributed by atoms with E-state index in [1.165, 1.54) is 0 Å². The van der Waals surface area contributed by atoms with Crippen molar-refractivity contribution in [2.75, 3.05) is 7.05 Å². The number of aromatic nitrogens is 6. The zero-order valence-electron chi connectivity index (χ0n) is 15.0. The number of rotatable bonds is 5. The molecule has 0 atom stereocenters. The smallest absolute Gasteiger partial charge is 0.276 e. The highest BCUT2D eigenvalue weighted by molar-refractivity contribution is 5.92. The molecule has 0 aliphatic carbocycles. The molecule has 1 amide bonds. The van der Waals surface area contributed by atoms with Crippen LogP contribution in [-0.4, -0.2) is 47.6 Å². The summed E-state index contributed by atoms with van der Waals surface area (Å²) in [7, 11) is 3.55. The van der Waals surface area contributed by atoms with Crippen LogP contribution in [0.15, 0.2) is 23.1 Å². The minimum atomic E-state index is -0.241. The molecule has 25 heavy (non-hydrogen) atoms. The number of hydrogen-bond donors (Lipinski definition) is 0. The van der Waals surface area contributed by atoms with Crippen molar-refractivity contribution in [3.8, 4) is 11.3 Å². The first-order valence-electron chi connectivity index (χ1n) is 7.98.